The van der Waals surface area contributed by atoms with Crippen LogP contribution in [0.15, 0.2) is 22.4 Å². The van der Waals surface area contributed by atoms with E-state index < -0.39 is 0 Å². The second-order valence-corrected chi connectivity index (χ2v) is 5.33. The highest BCUT2D eigenvalue weighted by molar-refractivity contribution is 9.08. The average molecular weight is 289 g/mol. The maximum Gasteiger partial charge on any atom is 0.136 e. The molecule has 0 radical (unpaired) electrons. The highest BCUT2D eigenvalue weighted by Crippen LogP contribution is 2.36. The zero-order valence-electron chi connectivity index (χ0n) is 7.58. The molecule has 74 valence electrons. The number of alkyl halides is 1. The summed E-state index contributed by atoms with van der Waals surface area (Å²) in [5, 5.41) is 2.05. The van der Waals surface area contributed by atoms with Gasteiger partial charge >= 0.3 is 0 Å². The zero-order chi connectivity index (χ0) is 10.1. The van der Waals surface area contributed by atoms with Crippen molar-refractivity contribution in [2.75, 3.05) is 7.11 Å². The lowest BCUT2D eigenvalue weighted by Crippen LogP contribution is -1.85. The van der Waals surface area contributed by atoms with Gasteiger partial charge in [-0.05, 0) is 29.1 Å². The minimum Gasteiger partial charge on any atom is -0.495 e. The van der Waals surface area contributed by atoms with Crippen molar-refractivity contribution in [2.45, 2.75) is 9.54 Å². The quantitative estimate of drug-likeness (QED) is 0.647. The number of halogens is 1. The van der Waals surface area contributed by atoms with Crippen LogP contribution in [0.25, 0.3) is 10.1 Å². The molecule has 0 fully saturated rings. The van der Waals surface area contributed by atoms with E-state index in [1.165, 1.54) is 15.6 Å². The summed E-state index contributed by atoms with van der Waals surface area (Å²) < 4.78 is 7.53. The van der Waals surface area contributed by atoms with Crippen LogP contribution in [-0.4, -0.2) is 7.11 Å². The first-order valence-corrected chi connectivity index (χ1v) is 6.48. The van der Waals surface area contributed by atoms with Crippen LogP contribution in [-0.2, 0) is 5.33 Å². The minimum absolute atomic E-state index is 0.844. The van der Waals surface area contributed by atoms with E-state index in [0.29, 0.717) is 0 Å². The lowest BCUT2D eigenvalue weighted by atomic mass is 10.2. The third-order valence-electron chi connectivity index (χ3n) is 2.00. The Balaban J connectivity index is 2.72. The van der Waals surface area contributed by atoms with E-state index in [0.717, 1.165) is 15.3 Å². The van der Waals surface area contributed by atoms with Crippen molar-refractivity contribution in [1.29, 1.82) is 0 Å². The number of ether oxygens (including phenoxy) is 1. The SMILES string of the molecule is COc1cc(CBr)cc2cc(S)sc12. The van der Waals surface area contributed by atoms with Gasteiger partial charge in [0.25, 0.3) is 0 Å². The Morgan fingerprint density at radius 3 is 2.86 bits per heavy atom. The number of fused-ring (bicyclic) bond motifs is 1. The molecular formula is C10H9BrOS2. The van der Waals surface area contributed by atoms with E-state index in [2.05, 4.69) is 46.8 Å². The van der Waals surface area contributed by atoms with Gasteiger partial charge in [-0.1, -0.05) is 15.9 Å². The van der Waals surface area contributed by atoms with Crippen molar-refractivity contribution in [2.24, 2.45) is 0 Å². The molecule has 0 unspecified atom stereocenters. The van der Waals surface area contributed by atoms with Crippen LogP contribution in [0.2, 0.25) is 0 Å². The van der Waals surface area contributed by atoms with Crippen LogP contribution < -0.4 is 4.74 Å². The Kier molecular flexibility index (Phi) is 3.04. The Morgan fingerprint density at radius 2 is 2.21 bits per heavy atom. The highest BCUT2D eigenvalue weighted by atomic mass is 79.9. The molecule has 0 spiro atoms. The van der Waals surface area contributed by atoms with E-state index in [-0.39, 0.29) is 0 Å². The number of hydrogen-bond donors (Lipinski definition) is 1. The van der Waals surface area contributed by atoms with E-state index in [9.17, 15) is 0 Å². The fourth-order valence-corrected chi connectivity index (χ4v) is 3.01. The molecule has 1 aromatic heterocycles. The molecule has 0 aliphatic heterocycles. The number of benzene rings is 1. The predicted molar refractivity (Wildman–Crippen MR) is 68.3 cm³/mol. The van der Waals surface area contributed by atoms with Gasteiger partial charge in [-0.2, -0.15) is 0 Å². The standard InChI is InChI=1S/C10H9BrOS2/c1-12-8-3-6(5-11)2-7-4-9(13)14-10(7)8/h2-4,13H,5H2,1H3. The summed E-state index contributed by atoms with van der Waals surface area (Å²) in [5.41, 5.74) is 1.22. The first-order chi connectivity index (χ1) is 6.74. The summed E-state index contributed by atoms with van der Waals surface area (Å²) in [6.45, 7) is 0. The second-order valence-electron chi connectivity index (χ2n) is 2.93. The second kappa shape index (κ2) is 4.13. The molecule has 1 heterocycles. The minimum atomic E-state index is 0.844. The molecule has 0 saturated carbocycles. The van der Waals surface area contributed by atoms with E-state index in [1.54, 1.807) is 18.4 Å². The van der Waals surface area contributed by atoms with E-state index in [4.69, 9.17) is 4.74 Å². The van der Waals surface area contributed by atoms with Crippen LogP contribution in [0.5, 0.6) is 5.75 Å². The van der Waals surface area contributed by atoms with Crippen molar-refractivity contribution in [3.05, 3.63) is 23.8 Å². The van der Waals surface area contributed by atoms with Crippen molar-refractivity contribution >= 4 is 50.0 Å². The van der Waals surface area contributed by atoms with Gasteiger partial charge in [0.1, 0.15) is 5.75 Å². The Bertz CT molecular complexity index is 464. The molecule has 1 aromatic carbocycles. The lowest BCUT2D eigenvalue weighted by Gasteiger charge is -2.03. The molecule has 0 atom stereocenters. The zero-order valence-corrected chi connectivity index (χ0v) is 10.9. The van der Waals surface area contributed by atoms with Crippen molar-refractivity contribution in [1.82, 2.24) is 0 Å². The van der Waals surface area contributed by atoms with E-state index in [1.807, 2.05) is 0 Å². The molecule has 1 nitrogen and oxygen atoms in total. The van der Waals surface area contributed by atoms with Gasteiger partial charge in [0, 0.05) is 5.33 Å². The van der Waals surface area contributed by atoms with Gasteiger partial charge in [-0.15, -0.1) is 24.0 Å². The maximum atomic E-state index is 5.34. The van der Waals surface area contributed by atoms with Gasteiger partial charge in [0.2, 0.25) is 0 Å². The van der Waals surface area contributed by atoms with Crippen LogP contribution in [0.3, 0.4) is 0 Å². The topological polar surface area (TPSA) is 9.23 Å². The fraction of sp³-hybridized carbons (Fsp3) is 0.200. The first kappa shape index (κ1) is 10.3. The molecule has 0 aliphatic carbocycles. The Morgan fingerprint density at radius 1 is 1.43 bits per heavy atom. The van der Waals surface area contributed by atoms with Crippen LogP contribution in [0, 0.1) is 0 Å². The highest BCUT2D eigenvalue weighted by Gasteiger charge is 2.07. The van der Waals surface area contributed by atoms with Gasteiger partial charge in [-0.3, -0.25) is 0 Å². The Hall–Kier alpha value is -0.190. The summed E-state index contributed by atoms with van der Waals surface area (Å²) in [6, 6.07) is 6.28. The molecule has 2 aromatic rings. The molecule has 4 heteroatoms. The van der Waals surface area contributed by atoms with Gasteiger partial charge < -0.3 is 4.74 Å². The van der Waals surface area contributed by atoms with Gasteiger partial charge in [0.05, 0.1) is 16.0 Å². The molecule has 0 amide bonds. The first-order valence-electron chi connectivity index (χ1n) is 4.10. The molecule has 0 saturated heterocycles. The summed E-state index contributed by atoms with van der Waals surface area (Å²) in [7, 11) is 1.70. The summed E-state index contributed by atoms with van der Waals surface area (Å²) in [4.78, 5) is 0. The molecule has 0 aliphatic rings. The Labute approximate surface area is 101 Å². The normalized spacial score (nSPS) is 10.8. The number of hydrogen-bond acceptors (Lipinski definition) is 3. The summed E-state index contributed by atoms with van der Waals surface area (Å²) in [6.07, 6.45) is 0. The van der Waals surface area contributed by atoms with Crippen LogP contribution in [0.1, 0.15) is 5.56 Å². The van der Waals surface area contributed by atoms with Crippen molar-refractivity contribution in [3.8, 4) is 5.75 Å². The molecule has 0 N–H and O–H groups in total. The van der Waals surface area contributed by atoms with Crippen LogP contribution in [0.4, 0.5) is 0 Å². The largest absolute Gasteiger partial charge is 0.495 e. The van der Waals surface area contributed by atoms with Crippen molar-refractivity contribution in [3.63, 3.8) is 0 Å². The van der Waals surface area contributed by atoms with Crippen LogP contribution >= 0.6 is 39.9 Å². The molecule has 2 rings (SSSR count). The number of thiophene rings is 1. The number of methoxy groups -OCH3 is 1. The molecule has 0 bridgehead atoms. The van der Waals surface area contributed by atoms with Crippen molar-refractivity contribution < 1.29 is 4.74 Å². The summed E-state index contributed by atoms with van der Waals surface area (Å²) >= 11 is 9.43. The predicted octanol–water partition coefficient (Wildman–Crippen LogP) is 4.09. The smallest absolute Gasteiger partial charge is 0.136 e. The lowest BCUT2D eigenvalue weighted by molar-refractivity contribution is 0.420. The maximum absolute atomic E-state index is 5.34. The van der Waals surface area contributed by atoms with Gasteiger partial charge in [0.15, 0.2) is 0 Å². The van der Waals surface area contributed by atoms with E-state index >= 15 is 0 Å². The fourth-order valence-electron chi connectivity index (χ4n) is 1.40. The number of thiol groups is 1. The molecular weight excluding hydrogens is 280 g/mol. The number of rotatable bonds is 2. The average Bonchev–Trinajstić information content (AvgIpc) is 2.56. The summed E-state index contributed by atoms with van der Waals surface area (Å²) in [5.74, 6) is 0.933. The van der Waals surface area contributed by atoms with Gasteiger partial charge in [-0.25, -0.2) is 0 Å². The third kappa shape index (κ3) is 1.78. The molecule has 14 heavy (non-hydrogen) atoms. The monoisotopic (exact) mass is 288 g/mol. The third-order valence-corrected chi connectivity index (χ3v) is 4.02.